The zero-order valence-electron chi connectivity index (χ0n) is 18.2. The summed E-state index contributed by atoms with van der Waals surface area (Å²) < 4.78 is 23.8. The van der Waals surface area contributed by atoms with Crippen LogP contribution in [0.2, 0.25) is 0 Å². The van der Waals surface area contributed by atoms with Crippen LogP contribution in [0.3, 0.4) is 0 Å². The Balaban J connectivity index is 1.44. The van der Waals surface area contributed by atoms with Crippen molar-refractivity contribution in [2.24, 2.45) is 0 Å². The van der Waals surface area contributed by atoms with Crippen molar-refractivity contribution in [1.82, 2.24) is 0 Å². The normalized spacial score (nSPS) is 11.8. The molecule has 0 N–H and O–H groups in total. The van der Waals surface area contributed by atoms with Gasteiger partial charge in [0.05, 0.1) is 11.8 Å². The minimum atomic E-state index is 0.141. The van der Waals surface area contributed by atoms with Crippen LogP contribution in [0.15, 0.2) is 66.2 Å². The molecule has 0 aliphatic rings. The fraction of sp³-hybridized carbons (Fsp3) is 0.385. The van der Waals surface area contributed by atoms with E-state index < -0.39 is 0 Å². The molecule has 30 heavy (non-hydrogen) atoms. The summed E-state index contributed by atoms with van der Waals surface area (Å²) in [6.45, 7) is 7.93. The van der Waals surface area contributed by atoms with Gasteiger partial charge in [-0.05, 0) is 89.1 Å². The number of hydrogen-bond donors (Lipinski definition) is 0. The molecule has 0 radical (unpaired) electrons. The largest absolute Gasteiger partial charge is 0.466 e. The number of unbranched alkanes of at least 4 members (excludes halogenated alkanes) is 1. The van der Waals surface area contributed by atoms with E-state index in [1.54, 1.807) is 0 Å². The van der Waals surface area contributed by atoms with Crippen molar-refractivity contribution in [2.75, 3.05) is 0 Å². The molecule has 158 valence electrons. The van der Waals surface area contributed by atoms with Crippen molar-refractivity contribution in [1.29, 1.82) is 0 Å². The first-order chi connectivity index (χ1) is 14.5. The Hall–Kier alpha value is -2.88. The van der Waals surface area contributed by atoms with Crippen LogP contribution < -0.4 is 0 Å². The van der Waals surface area contributed by atoms with Crippen molar-refractivity contribution < 1.29 is 17.7 Å². The Morgan fingerprint density at radius 1 is 0.467 bits per heavy atom. The third-order valence-electron chi connectivity index (χ3n) is 5.65. The van der Waals surface area contributed by atoms with Crippen molar-refractivity contribution >= 4 is 0 Å². The highest BCUT2D eigenvalue weighted by Crippen LogP contribution is 2.35. The van der Waals surface area contributed by atoms with Gasteiger partial charge in [0.2, 0.25) is 0 Å². The summed E-state index contributed by atoms with van der Waals surface area (Å²) in [6, 6.07) is 16.4. The van der Waals surface area contributed by atoms with Crippen molar-refractivity contribution in [3.8, 4) is 0 Å². The van der Waals surface area contributed by atoms with Gasteiger partial charge in [-0.15, -0.1) is 0 Å². The van der Waals surface area contributed by atoms with Gasteiger partial charge in [-0.2, -0.15) is 0 Å². The fourth-order valence-corrected chi connectivity index (χ4v) is 4.11. The van der Waals surface area contributed by atoms with Gasteiger partial charge in [0, 0.05) is 0 Å². The maximum atomic E-state index is 5.94. The van der Waals surface area contributed by atoms with E-state index in [4.69, 9.17) is 17.7 Å². The van der Waals surface area contributed by atoms with Crippen LogP contribution in [0.25, 0.3) is 0 Å². The summed E-state index contributed by atoms with van der Waals surface area (Å²) in [7, 11) is 0. The Morgan fingerprint density at radius 3 is 0.933 bits per heavy atom. The lowest BCUT2D eigenvalue weighted by Gasteiger charge is -2.15. The average Bonchev–Trinajstić information content (AvgIpc) is 3.49. The Kier molecular flexibility index (Phi) is 6.03. The Labute approximate surface area is 177 Å². The highest BCUT2D eigenvalue weighted by atomic mass is 16.4. The van der Waals surface area contributed by atoms with Crippen LogP contribution in [0.1, 0.15) is 83.6 Å². The maximum Gasteiger partial charge on any atom is 0.114 e. The van der Waals surface area contributed by atoms with E-state index in [-0.39, 0.29) is 11.8 Å². The van der Waals surface area contributed by atoms with Crippen molar-refractivity contribution in [3.05, 3.63) is 94.6 Å². The molecule has 4 heterocycles. The number of furan rings is 4. The van der Waals surface area contributed by atoms with Gasteiger partial charge in [0.25, 0.3) is 0 Å². The summed E-state index contributed by atoms with van der Waals surface area (Å²) in [6.07, 6.45) is 4.06. The Morgan fingerprint density at radius 2 is 0.733 bits per heavy atom. The molecule has 4 aromatic rings. The molecule has 0 aromatic carbocycles. The lowest BCUT2D eigenvalue weighted by molar-refractivity contribution is 0.375. The zero-order chi connectivity index (χ0) is 21.1. The lowest BCUT2D eigenvalue weighted by atomic mass is 9.92. The van der Waals surface area contributed by atoms with Gasteiger partial charge >= 0.3 is 0 Å². The van der Waals surface area contributed by atoms with Crippen LogP contribution in [-0.2, 0) is 0 Å². The van der Waals surface area contributed by atoms with Gasteiger partial charge < -0.3 is 17.7 Å². The molecule has 0 aliphatic heterocycles. The third kappa shape index (κ3) is 4.64. The molecule has 0 saturated carbocycles. The first-order valence-electron chi connectivity index (χ1n) is 10.7. The molecule has 4 rings (SSSR count). The molecule has 0 amide bonds. The van der Waals surface area contributed by atoms with Crippen molar-refractivity contribution in [3.63, 3.8) is 0 Å². The van der Waals surface area contributed by atoms with Crippen LogP contribution in [0.5, 0.6) is 0 Å². The second-order valence-corrected chi connectivity index (χ2v) is 8.18. The molecule has 0 bridgehead atoms. The molecule has 4 heteroatoms. The molecular weight excluding hydrogens is 376 g/mol. The second kappa shape index (κ2) is 8.86. The predicted molar refractivity (Wildman–Crippen MR) is 116 cm³/mol. The molecule has 0 spiro atoms. The lowest BCUT2D eigenvalue weighted by Crippen LogP contribution is -2.02. The first kappa shape index (κ1) is 20.4. The summed E-state index contributed by atoms with van der Waals surface area (Å²) >= 11 is 0. The molecule has 4 aromatic heterocycles. The summed E-state index contributed by atoms with van der Waals surface area (Å²) in [5.41, 5.74) is 0. The Bertz CT molecular complexity index is 907. The van der Waals surface area contributed by atoms with Crippen LogP contribution >= 0.6 is 0 Å². The second-order valence-electron chi connectivity index (χ2n) is 8.18. The summed E-state index contributed by atoms with van der Waals surface area (Å²) in [5, 5.41) is 0. The first-order valence-corrected chi connectivity index (χ1v) is 10.7. The zero-order valence-corrected chi connectivity index (χ0v) is 18.2. The highest BCUT2D eigenvalue weighted by Gasteiger charge is 2.23. The number of hydrogen-bond acceptors (Lipinski definition) is 4. The molecule has 0 aliphatic carbocycles. The molecule has 0 fully saturated rings. The molecule has 0 atom stereocenters. The quantitative estimate of drug-likeness (QED) is 0.266. The molecule has 0 saturated heterocycles. The minimum absolute atomic E-state index is 0.141. The van der Waals surface area contributed by atoms with Gasteiger partial charge in [0.15, 0.2) is 0 Å². The smallest absolute Gasteiger partial charge is 0.114 e. The molecular formula is C26H30O4. The van der Waals surface area contributed by atoms with Crippen molar-refractivity contribution in [2.45, 2.75) is 65.2 Å². The molecule has 0 unspecified atom stereocenters. The van der Waals surface area contributed by atoms with E-state index in [1.165, 1.54) is 0 Å². The number of rotatable bonds is 9. The fourth-order valence-electron chi connectivity index (χ4n) is 4.11. The van der Waals surface area contributed by atoms with Crippen LogP contribution in [0, 0.1) is 27.7 Å². The van der Waals surface area contributed by atoms with E-state index >= 15 is 0 Å². The predicted octanol–water partition coefficient (Wildman–Crippen LogP) is 7.82. The monoisotopic (exact) mass is 406 g/mol. The van der Waals surface area contributed by atoms with E-state index in [0.29, 0.717) is 0 Å². The van der Waals surface area contributed by atoms with Gasteiger partial charge in [0.1, 0.15) is 46.1 Å². The van der Waals surface area contributed by atoms with Gasteiger partial charge in [-0.1, -0.05) is 12.8 Å². The number of aryl methyl sites for hydroxylation is 4. The van der Waals surface area contributed by atoms with Crippen LogP contribution in [0.4, 0.5) is 0 Å². The van der Waals surface area contributed by atoms with Gasteiger partial charge in [-0.3, -0.25) is 0 Å². The van der Waals surface area contributed by atoms with E-state index in [1.807, 2.05) is 52.0 Å². The standard InChI is InChI=1S/C26H30O4/c1-17-9-13-23(27-17)21(24-14-10-18(2)28-24)7-5-6-8-22(25-15-11-19(3)29-25)26-16-12-20(4)30-26/h9-16,21-22H,5-8H2,1-4H3. The topological polar surface area (TPSA) is 52.6 Å². The summed E-state index contributed by atoms with van der Waals surface area (Å²) in [4.78, 5) is 0. The minimum Gasteiger partial charge on any atom is -0.466 e. The summed E-state index contributed by atoms with van der Waals surface area (Å²) in [5.74, 6) is 7.90. The molecule has 4 nitrogen and oxygen atoms in total. The SMILES string of the molecule is Cc1ccc(C(CCCCC(c2ccc(C)o2)c2ccc(C)o2)c2ccc(C)o2)o1. The van der Waals surface area contributed by atoms with E-state index in [2.05, 4.69) is 24.3 Å². The maximum absolute atomic E-state index is 5.94. The van der Waals surface area contributed by atoms with Gasteiger partial charge in [-0.25, -0.2) is 0 Å². The van der Waals surface area contributed by atoms with E-state index in [0.717, 1.165) is 71.8 Å². The van der Waals surface area contributed by atoms with E-state index in [9.17, 15) is 0 Å². The highest BCUT2D eigenvalue weighted by molar-refractivity contribution is 5.23. The average molecular weight is 407 g/mol. The third-order valence-corrected chi connectivity index (χ3v) is 5.65. The van der Waals surface area contributed by atoms with Crippen LogP contribution in [-0.4, -0.2) is 0 Å².